The van der Waals surface area contributed by atoms with Gasteiger partial charge >= 0.3 is 5.97 Å². The fourth-order valence-electron chi connectivity index (χ4n) is 2.20. The lowest BCUT2D eigenvalue weighted by molar-refractivity contribution is 0.0699. The van der Waals surface area contributed by atoms with Crippen molar-refractivity contribution in [3.05, 3.63) is 58.6 Å². The van der Waals surface area contributed by atoms with Gasteiger partial charge in [0.05, 0.1) is 16.8 Å². The van der Waals surface area contributed by atoms with E-state index in [0.29, 0.717) is 22.2 Å². The summed E-state index contributed by atoms with van der Waals surface area (Å²) in [6.07, 6.45) is 0. The number of benzene rings is 2. The van der Waals surface area contributed by atoms with Crippen molar-refractivity contribution in [3.63, 3.8) is 0 Å². The molecule has 0 aliphatic heterocycles. The van der Waals surface area contributed by atoms with Crippen LogP contribution in [0.1, 0.15) is 10.4 Å². The average molecular weight is 344 g/mol. The summed E-state index contributed by atoms with van der Waals surface area (Å²) < 4.78 is 0.787. The molecule has 4 nitrogen and oxygen atoms in total. The van der Waals surface area contributed by atoms with Crippen LogP contribution in [0.2, 0.25) is 0 Å². The maximum absolute atomic E-state index is 11.5. The number of phenols is 1. The Morgan fingerprint density at radius 1 is 1.10 bits per heavy atom. The lowest BCUT2D eigenvalue weighted by Crippen LogP contribution is -2.00. The predicted molar refractivity (Wildman–Crippen MR) is 83.5 cm³/mol. The van der Waals surface area contributed by atoms with Crippen LogP contribution in [0.5, 0.6) is 5.75 Å². The van der Waals surface area contributed by atoms with Crippen LogP contribution in [-0.2, 0) is 0 Å². The van der Waals surface area contributed by atoms with Gasteiger partial charge in [0.25, 0.3) is 0 Å². The molecular formula is C16H10BrNO3. The number of aromatic nitrogens is 1. The number of phenolic OH excluding ortho intramolecular Hbond substituents is 1. The molecule has 1 heterocycles. The number of para-hydroxylation sites is 1. The van der Waals surface area contributed by atoms with Gasteiger partial charge in [-0.2, -0.15) is 0 Å². The van der Waals surface area contributed by atoms with Crippen molar-refractivity contribution in [2.75, 3.05) is 0 Å². The Balaban J connectivity index is 2.34. The van der Waals surface area contributed by atoms with Crippen LogP contribution in [0, 0.1) is 0 Å². The lowest BCUT2D eigenvalue weighted by Gasteiger charge is -2.08. The molecule has 0 unspecified atom stereocenters. The molecule has 21 heavy (non-hydrogen) atoms. The Kier molecular flexibility index (Phi) is 3.35. The number of aromatic carboxylic acids is 1. The molecule has 0 spiro atoms. The first-order valence-electron chi connectivity index (χ1n) is 6.18. The number of pyridine rings is 1. The fraction of sp³-hybridized carbons (Fsp3) is 0. The van der Waals surface area contributed by atoms with E-state index in [1.807, 2.05) is 0 Å². The molecule has 0 bridgehead atoms. The van der Waals surface area contributed by atoms with Gasteiger partial charge < -0.3 is 10.2 Å². The van der Waals surface area contributed by atoms with Gasteiger partial charge in [-0.15, -0.1) is 0 Å². The van der Waals surface area contributed by atoms with Crippen molar-refractivity contribution in [2.45, 2.75) is 0 Å². The van der Waals surface area contributed by atoms with E-state index in [0.717, 1.165) is 4.47 Å². The summed E-state index contributed by atoms with van der Waals surface area (Å²) in [5.74, 6) is -0.963. The van der Waals surface area contributed by atoms with Crippen molar-refractivity contribution in [1.82, 2.24) is 4.98 Å². The molecule has 0 radical (unpaired) electrons. The van der Waals surface area contributed by atoms with Crippen LogP contribution in [-0.4, -0.2) is 21.2 Å². The third-order valence-corrected chi connectivity index (χ3v) is 3.67. The summed E-state index contributed by atoms with van der Waals surface area (Å²) in [6, 6.07) is 13.5. The van der Waals surface area contributed by atoms with Crippen LogP contribution in [0.3, 0.4) is 0 Å². The van der Waals surface area contributed by atoms with E-state index in [2.05, 4.69) is 20.9 Å². The van der Waals surface area contributed by atoms with Crippen LogP contribution in [0.15, 0.2) is 53.0 Å². The number of carboxylic acid groups (broad SMARTS) is 1. The summed E-state index contributed by atoms with van der Waals surface area (Å²) in [5, 5.41) is 19.9. The Morgan fingerprint density at radius 3 is 2.57 bits per heavy atom. The van der Waals surface area contributed by atoms with E-state index in [-0.39, 0.29) is 11.3 Å². The first-order chi connectivity index (χ1) is 10.1. The fourth-order valence-corrected chi connectivity index (χ4v) is 2.56. The molecular weight excluding hydrogens is 334 g/mol. The van der Waals surface area contributed by atoms with Crippen molar-refractivity contribution in [2.24, 2.45) is 0 Å². The summed E-state index contributed by atoms with van der Waals surface area (Å²) in [4.78, 5) is 15.9. The normalized spacial score (nSPS) is 10.7. The lowest BCUT2D eigenvalue weighted by atomic mass is 10.0. The molecule has 3 rings (SSSR count). The maximum atomic E-state index is 11.5. The highest BCUT2D eigenvalue weighted by atomic mass is 79.9. The smallest absolute Gasteiger partial charge is 0.336 e. The average Bonchev–Trinajstić information content (AvgIpc) is 2.46. The van der Waals surface area contributed by atoms with E-state index in [9.17, 15) is 15.0 Å². The van der Waals surface area contributed by atoms with E-state index >= 15 is 0 Å². The molecule has 3 aromatic rings. The number of carbonyl (C=O) groups is 1. The molecule has 0 fully saturated rings. The molecule has 1 aromatic heterocycles. The molecule has 104 valence electrons. The Labute approximate surface area is 128 Å². The Morgan fingerprint density at radius 2 is 1.86 bits per heavy atom. The zero-order valence-corrected chi connectivity index (χ0v) is 12.3. The summed E-state index contributed by atoms with van der Waals surface area (Å²) in [5.41, 5.74) is 1.65. The second-order valence-electron chi connectivity index (χ2n) is 4.54. The summed E-state index contributed by atoms with van der Waals surface area (Å²) in [7, 11) is 0. The number of nitrogens with zero attached hydrogens (tertiary/aromatic N) is 1. The molecule has 0 atom stereocenters. The van der Waals surface area contributed by atoms with Crippen molar-refractivity contribution < 1.29 is 15.0 Å². The number of carboxylic acids is 1. The predicted octanol–water partition coefficient (Wildman–Crippen LogP) is 4.07. The monoisotopic (exact) mass is 343 g/mol. The number of aromatic hydroxyl groups is 1. The van der Waals surface area contributed by atoms with Crippen molar-refractivity contribution in [1.29, 1.82) is 0 Å². The number of hydrogen-bond donors (Lipinski definition) is 2. The second-order valence-corrected chi connectivity index (χ2v) is 5.45. The van der Waals surface area contributed by atoms with Gasteiger partial charge in [0, 0.05) is 15.4 Å². The van der Waals surface area contributed by atoms with E-state index in [4.69, 9.17) is 0 Å². The second kappa shape index (κ2) is 5.18. The highest BCUT2D eigenvalue weighted by Crippen LogP contribution is 2.31. The quantitative estimate of drug-likeness (QED) is 0.735. The largest absolute Gasteiger partial charge is 0.507 e. The van der Waals surface area contributed by atoms with E-state index in [1.54, 1.807) is 42.5 Å². The highest BCUT2D eigenvalue weighted by Gasteiger charge is 2.14. The number of rotatable bonds is 2. The molecule has 0 amide bonds. The standard InChI is InChI=1S/C16H10BrNO3/c17-9-5-6-13-11(7-9)12(16(20)21)8-14(18-13)10-3-1-2-4-15(10)19/h1-8,19H,(H,20,21). The van der Waals surface area contributed by atoms with Crippen LogP contribution in [0.4, 0.5) is 0 Å². The number of halogens is 1. The van der Waals surface area contributed by atoms with Gasteiger partial charge in [0.1, 0.15) is 5.75 Å². The van der Waals surface area contributed by atoms with Gasteiger partial charge in [-0.05, 0) is 36.4 Å². The first-order valence-corrected chi connectivity index (χ1v) is 6.97. The molecule has 0 aliphatic carbocycles. The number of fused-ring (bicyclic) bond motifs is 1. The summed E-state index contributed by atoms with van der Waals surface area (Å²) >= 11 is 3.33. The van der Waals surface area contributed by atoms with Crippen LogP contribution >= 0.6 is 15.9 Å². The van der Waals surface area contributed by atoms with Crippen molar-refractivity contribution >= 4 is 32.8 Å². The first kappa shape index (κ1) is 13.6. The van der Waals surface area contributed by atoms with E-state index in [1.165, 1.54) is 6.07 Å². The minimum Gasteiger partial charge on any atom is -0.507 e. The van der Waals surface area contributed by atoms with E-state index < -0.39 is 5.97 Å². The van der Waals surface area contributed by atoms with Crippen molar-refractivity contribution in [3.8, 4) is 17.0 Å². The number of hydrogen-bond acceptors (Lipinski definition) is 3. The van der Waals surface area contributed by atoms with Crippen LogP contribution < -0.4 is 0 Å². The molecule has 0 aliphatic rings. The Hall–Kier alpha value is -2.40. The van der Waals surface area contributed by atoms with Gasteiger partial charge in [0.15, 0.2) is 0 Å². The zero-order chi connectivity index (χ0) is 15.0. The minimum absolute atomic E-state index is 0.0674. The minimum atomic E-state index is -1.03. The molecule has 2 aromatic carbocycles. The topological polar surface area (TPSA) is 70.4 Å². The molecule has 0 saturated heterocycles. The third kappa shape index (κ3) is 2.48. The SMILES string of the molecule is O=C(O)c1cc(-c2ccccc2O)nc2ccc(Br)cc12. The van der Waals surface area contributed by atoms with Gasteiger partial charge in [0.2, 0.25) is 0 Å². The third-order valence-electron chi connectivity index (χ3n) is 3.18. The Bertz CT molecular complexity index is 861. The van der Waals surface area contributed by atoms with Gasteiger partial charge in [-0.1, -0.05) is 28.1 Å². The zero-order valence-electron chi connectivity index (χ0n) is 10.7. The van der Waals surface area contributed by atoms with Crippen LogP contribution in [0.25, 0.3) is 22.2 Å². The summed E-state index contributed by atoms with van der Waals surface area (Å²) in [6.45, 7) is 0. The molecule has 0 saturated carbocycles. The van der Waals surface area contributed by atoms with Gasteiger partial charge in [-0.25, -0.2) is 9.78 Å². The molecule has 5 heteroatoms. The maximum Gasteiger partial charge on any atom is 0.336 e. The van der Waals surface area contributed by atoms with Gasteiger partial charge in [-0.3, -0.25) is 0 Å². The highest BCUT2D eigenvalue weighted by molar-refractivity contribution is 9.10. The molecule has 2 N–H and O–H groups in total.